The molecule has 20 heavy (non-hydrogen) atoms. The van der Waals surface area contributed by atoms with Crippen LogP contribution in [0.25, 0.3) is 0 Å². The van der Waals surface area contributed by atoms with Crippen molar-refractivity contribution in [3.63, 3.8) is 0 Å². The predicted molar refractivity (Wildman–Crippen MR) is 78.4 cm³/mol. The number of halogens is 1. The summed E-state index contributed by atoms with van der Waals surface area (Å²) in [6, 6.07) is 4.59. The zero-order valence-electron chi connectivity index (χ0n) is 11.0. The van der Waals surface area contributed by atoms with Crippen LogP contribution < -0.4 is 16.4 Å². The molecule has 0 bridgehead atoms. The number of nitrogens with one attached hydrogen (secondary N) is 2. The van der Waals surface area contributed by atoms with Crippen molar-refractivity contribution in [2.45, 2.75) is 19.3 Å². The van der Waals surface area contributed by atoms with Crippen molar-refractivity contribution in [2.75, 3.05) is 24.2 Å². The number of benzene rings is 1. The first-order valence-electron chi connectivity index (χ1n) is 6.29. The number of hydrogen-bond acceptors (Lipinski definition) is 4. The lowest BCUT2D eigenvalue weighted by atomic mass is 10.2. The highest BCUT2D eigenvalue weighted by Crippen LogP contribution is 2.22. The molecule has 6 nitrogen and oxygen atoms in total. The van der Waals surface area contributed by atoms with E-state index in [-0.39, 0.29) is 6.61 Å². The van der Waals surface area contributed by atoms with E-state index in [0.717, 1.165) is 6.42 Å². The molecule has 0 radical (unpaired) electrons. The van der Waals surface area contributed by atoms with E-state index >= 15 is 0 Å². The number of amides is 2. The maximum Gasteiger partial charge on any atom is 0.313 e. The first-order chi connectivity index (χ1) is 9.54. The summed E-state index contributed by atoms with van der Waals surface area (Å²) in [6.45, 7) is 0.529. The Morgan fingerprint density at radius 1 is 1.20 bits per heavy atom. The first kappa shape index (κ1) is 16.3. The smallest absolute Gasteiger partial charge is 0.313 e. The number of carbonyl (C=O) groups excluding carboxylic acids is 2. The van der Waals surface area contributed by atoms with Crippen molar-refractivity contribution in [1.82, 2.24) is 5.32 Å². The lowest BCUT2D eigenvalue weighted by Gasteiger charge is -2.07. The molecule has 1 rings (SSSR count). The van der Waals surface area contributed by atoms with E-state index in [1.165, 1.54) is 6.07 Å². The highest BCUT2D eigenvalue weighted by Gasteiger charge is 2.13. The van der Waals surface area contributed by atoms with Crippen LogP contribution in [0.2, 0.25) is 5.02 Å². The summed E-state index contributed by atoms with van der Waals surface area (Å²) in [5.41, 5.74) is 6.35. The standard InChI is InChI=1S/C13H18ClN3O3/c14-10-8-9(4-5-11(10)15)17-13(20)12(19)16-6-2-1-3-7-18/h4-5,8,18H,1-3,6-7,15H2,(H,16,19)(H,17,20). The molecule has 0 saturated carbocycles. The lowest BCUT2D eigenvalue weighted by molar-refractivity contribution is -0.136. The first-order valence-corrected chi connectivity index (χ1v) is 6.67. The Labute approximate surface area is 122 Å². The minimum Gasteiger partial charge on any atom is -0.398 e. The molecule has 1 aromatic carbocycles. The van der Waals surface area contributed by atoms with Crippen LogP contribution in [0, 0.1) is 0 Å². The van der Waals surface area contributed by atoms with E-state index in [2.05, 4.69) is 10.6 Å². The zero-order valence-corrected chi connectivity index (χ0v) is 11.7. The Balaban J connectivity index is 2.37. The summed E-state index contributed by atoms with van der Waals surface area (Å²) in [5, 5.41) is 13.8. The molecule has 0 aliphatic rings. The van der Waals surface area contributed by atoms with Gasteiger partial charge in [-0.05, 0) is 37.5 Å². The molecular formula is C13H18ClN3O3. The molecule has 0 atom stereocenters. The molecule has 7 heteroatoms. The number of carbonyl (C=O) groups is 2. The molecule has 0 heterocycles. The molecule has 0 aromatic heterocycles. The van der Waals surface area contributed by atoms with Crippen molar-refractivity contribution in [3.05, 3.63) is 23.2 Å². The number of anilines is 2. The van der Waals surface area contributed by atoms with Gasteiger partial charge in [0.05, 0.1) is 10.7 Å². The monoisotopic (exact) mass is 299 g/mol. The van der Waals surface area contributed by atoms with Crippen molar-refractivity contribution in [3.8, 4) is 0 Å². The van der Waals surface area contributed by atoms with E-state index in [0.29, 0.717) is 35.8 Å². The van der Waals surface area contributed by atoms with E-state index in [1.54, 1.807) is 12.1 Å². The number of aliphatic hydroxyl groups is 1. The fraction of sp³-hybridized carbons (Fsp3) is 0.385. The van der Waals surface area contributed by atoms with Crippen molar-refractivity contribution >= 4 is 34.8 Å². The van der Waals surface area contributed by atoms with E-state index in [1.807, 2.05) is 0 Å². The Morgan fingerprint density at radius 3 is 2.60 bits per heavy atom. The minimum atomic E-state index is -0.756. The van der Waals surface area contributed by atoms with Gasteiger partial charge < -0.3 is 21.5 Å². The van der Waals surface area contributed by atoms with E-state index in [9.17, 15) is 9.59 Å². The van der Waals surface area contributed by atoms with Gasteiger partial charge >= 0.3 is 11.8 Å². The summed E-state index contributed by atoms with van der Waals surface area (Å²) in [7, 11) is 0. The second kappa shape index (κ2) is 8.39. The van der Waals surface area contributed by atoms with E-state index < -0.39 is 11.8 Å². The molecule has 0 spiro atoms. The van der Waals surface area contributed by atoms with Crippen molar-refractivity contribution in [1.29, 1.82) is 0 Å². The number of unbranched alkanes of at least 4 members (excludes halogenated alkanes) is 2. The Bertz CT molecular complexity index is 480. The average Bonchev–Trinajstić information content (AvgIpc) is 2.42. The van der Waals surface area contributed by atoms with Gasteiger partial charge in [-0.1, -0.05) is 11.6 Å². The maximum atomic E-state index is 11.6. The molecule has 0 aliphatic carbocycles. The number of aliphatic hydroxyl groups excluding tert-OH is 1. The third kappa shape index (κ3) is 5.46. The molecule has 110 valence electrons. The highest BCUT2D eigenvalue weighted by molar-refractivity contribution is 6.40. The zero-order chi connectivity index (χ0) is 15.0. The van der Waals surface area contributed by atoms with Gasteiger partial charge in [-0.3, -0.25) is 9.59 Å². The minimum absolute atomic E-state index is 0.131. The van der Waals surface area contributed by atoms with Crippen LogP contribution in [-0.4, -0.2) is 30.1 Å². The fourth-order valence-corrected chi connectivity index (χ4v) is 1.67. The van der Waals surface area contributed by atoms with Crippen molar-refractivity contribution < 1.29 is 14.7 Å². The SMILES string of the molecule is Nc1ccc(NC(=O)C(=O)NCCCCCO)cc1Cl. The molecule has 0 saturated heterocycles. The molecule has 0 aliphatic heterocycles. The summed E-state index contributed by atoms with van der Waals surface area (Å²) in [6.07, 6.45) is 2.20. The summed E-state index contributed by atoms with van der Waals surface area (Å²) >= 11 is 5.81. The fourth-order valence-electron chi connectivity index (χ4n) is 1.49. The Hall–Kier alpha value is -1.79. The van der Waals surface area contributed by atoms with Gasteiger partial charge in [-0.25, -0.2) is 0 Å². The van der Waals surface area contributed by atoms with Gasteiger partial charge in [-0.15, -0.1) is 0 Å². The molecular weight excluding hydrogens is 282 g/mol. The molecule has 0 fully saturated rings. The highest BCUT2D eigenvalue weighted by atomic mass is 35.5. The van der Waals surface area contributed by atoms with Crippen molar-refractivity contribution in [2.24, 2.45) is 0 Å². The van der Waals surface area contributed by atoms with Crippen LogP contribution in [0.3, 0.4) is 0 Å². The van der Waals surface area contributed by atoms with Crippen LogP contribution in [0.15, 0.2) is 18.2 Å². The third-order valence-electron chi connectivity index (χ3n) is 2.58. The van der Waals surface area contributed by atoms with Gasteiger partial charge in [0.15, 0.2) is 0 Å². The number of hydrogen-bond donors (Lipinski definition) is 4. The normalized spacial score (nSPS) is 10.1. The molecule has 0 unspecified atom stereocenters. The third-order valence-corrected chi connectivity index (χ3v) is 2.91. The van der Waals surface area contributed by atoms with Gasteiger partial charge in [0, 0.05) is 18.8 Å². The summed E-state index contributed by atoms with van der Waals surface area (Å²) < 4.78 is 0. The maximum absolute atomic E-state index is 11.6. The van der Waals surface area contributed by atoms with Gasteiger partial charge in [0.2, 0.25) is 0 Å². The van der Waals surface area contributed by atoms with Crippen LogP contribution in [0.1, 0.15) is 19.3 Å². The van der Waals surface area contributed by atoms with Gasteiger partial charge in [-0.2, -0.15) is 0 Å². The molecule has 1 aromatic rings. The topological polar surface area (TPSA) is 104 Å². The van der Waals surface area contributed by atoms with Crippen LogP contribution >= 0.6 is 11.6 Å². The van der Waals surface area contributed by atoms with Crippen LogP contribution in [0.5, 0.6) is 0 Å². The summed E-state index contributed by atoms with van der Waals surface area (Å²) in [4.78, 5) is 23.1. The van der Waals surface area contributed by atoms with E-state index in [4.69, 9.17) is 22.4 Å². The second-order valence-corrected chi connectivity index (χ2v) is 4.64. The predicted octanol–water partition coefficient (Wildman–Crippen LogP) is 1.14. The molecule has 5 N–H and O–H groups in total. The van der Waals surface area contributed by atoms with Gasteiger partial charge in [0.25, 0.3) is 0 Å². The number of nitrogen functional groups attached to an aromatic ring is 1. The molecule has 2 amide bonds. The van der Waals surface area contributed by atoms with Crippen LogP contribution in [0.4, 0.5) is 11.4 Å². The second-order valence-electron chi connectivity index (χ2n) is 4.23. The quantitative estimate of drug-likeness (QED) is 0.359. The number of rotatable bonds is 6. The lowest BCUT2D eigenvalue weighted by Crippen LogP contribution is -2.35. The Morgan fingerprint density at radius 2 is 1.95 bits per heavy atom. The van der Waals surface area contributed by atoms with Crippen LogP contribution in [-0.2, 0) is 9.59 Å². The number of nitrogens with two attached hydrogens (primary N) is 1. The largest absolute Gasteiger partial charge is 0.398 e. The van der Waals surface area contributed by atoms with Gasteiger partial charge in [0.1, 0.15) is 0 Å². The Kier molecular flexibility index (Phi) is 6.83. The summed E-state index contributed by atoms with van der Waals surface area (Å²) in [5.74, 6) is -1.46. The average molecular weight is 300 g/mol.